The Morgan fingerprint density at radius 2 is 1.72 bits per heavy atom. The van der Waals surface area contributed by atoms with Crippen molar-refractivity contribution in [3.63, 3.8) is 0 Å². The summed E-state index contributed by atoms with van der Waals surface area (Å²) in [4.78, 5) is 42.8. The van der Waals surface area contributed by atoms with Crippen LogP contribution in [0.5, 0.6) is 5.75 Å². The summed E-state index contributed by atoms with van der Waals surface area (Å²) in [6.07, 6.45) is 2.41. The molecule has 3 amide bonds. The molecule has 0 saturated carbocycles. The van der Waals surface area contributed by atoms with Crippen LogP contribution in [0.4, 0.5) is 10.5 Å². The zero-order valence-electron chi connectivity index (χ0n) is 26.0. The molecule has 4 N–H and O–H groups in total. The van der Waals surface area contributed by atoms with Crippen molar-refractivity contribution in [1.29, 1.82) is 0 Å². The fourth-order valence-corrected chi connectivity index (χ4v) is 4.49. The summed E-state index contributed by atoms with van der Waals surface area (Å²) >= 11 is 12.8. The minimum absolute atomic E-state index is 0.0347. The van der Waals surface area contributed by atoms with Crippen LogP contribution in [0, 0.1) is 6.92 Å². The number of anilines is 1. The summed E-state index contributed by atoms with van der Waals surface area (Å²) in [5.41, 5.74) is 0.944. The third-order valence-electron chi connectivity index (χ3n) is 5.80. The van der Waals surface area contributed by atoms with Crippen molar-refractivity contribution in [3.05, 3.63) is 88.6 Å². The van der Waals surface area contributed by atoms with Crippen molar-refractivity contribution >= 4 is 52.8 Å². The van der Waals surface area contributed by atoms with Crippen LogP contribution >= 0.6 is 23.2 Å². The maximum atomic E-state index is 13.6. The van der Waals surface area contributed by atoms with Crippen LogP contribution in [-0.2, 0) is 16.1 Å². The second-order valence-electron chi connectivity index (χ2n) is 10.7. The number of nitrogens with zero attached hydrogens (tertiary/aromatic N) is 2. The number of halogens is 2. The van der Waals surface area contributed by atoms with Gasteiger partial charge in [-0.05, 0) is 69.7 Å². The van der Waals surface area contributed by atoms with Gasteiger partial charge in [-0.2, -0.15) is 0 Å². The molecule has 0 aliphatic carbocycles. The molecule has 0 saturated heterocycles. The number of rotatable bonds is 12. The predicted molar refractivity (Wildman–Crippen MR) is 179 cm³/mol. The van der Waals surface area contributed by atoms with Gasteiger partial charge in [0.2, 0.25) is 11.9 Å². The molecule has 2 aromatic carbocycles. The number of hydrogen-bond donors (Lipinski definition) is 4. The van der Waals surface area contributed by atoms with Gasteiger partial charge in [0.1, 0.15) is 35.0 Å². The van der Waals surface area contributed by atoms with Gasteiger partial charge >= 0.3 is 6.09 Å². The highest BCUT2D eigenvalue weighted by Gasteiger charge is 2.25. The van der Waals surface area contributed by atoms with E-state index in [2.05, 4.69) is 44.6 Å². The van der Waals surface area contributed by atoms with Crippen LogP contribution < -0.4 is 26.0 Å². The van der Waals surface area contributed by atoms with Gasteiger partial charge in [-0.3, -0.25) is 20.2 Å². The molecular formula is C32H36Cl2N6O6. The molecule has 1 aromatic heterocycles. The van der Waals surface area contributed by atoms with E-state index in [1.165, 1.54) is 0 Å². The number of aromatic nitrogens is 1. The highest BCUT2D eigenvalue weighted by Crippen LogP contribution is 2.32. The third kappa shape index (κ3) is 10.8. The first-order valence-corrected chi connectivity index (χ1v) is 14.8. The smallest absolute Gasteiger partial charge is 0.414 e. The lowest BCUT2D eigenvalue weighted by molar-refractivity contribution is -0.115. The molecule has 0 aliphatic rings. The molecule has 0 radical (unpaired) electrons. The molecule has 3 rings (SSSR count). The van der Waals surface area contributed by atoms with E-state index in [4.69, 9.17) is 37.2 Å². The Labute approximate surface area is 277 Å². The number of benzene rings is 2. The quantitative estimate of drug-likeness (QED) is 0.0786. The lowest BCUT2D eigenvalue weighted by atomic mass is 10.1. The highest BCUT2D eigenvalue weighted by atomic mass is 35.5. The molecule has 0 spiro atoms. The van der Waals surface area contributed by atoms with Crippen molar-refractivity contribution in [3.8, 4) is 17.0 Å². The average Bonchev–Trinajstić information content (AvgIpc) is 3.37. The van der Waals surface area contributed by atoms with Gasteiger partial charge in [-0.1, -0.05) is 47.1 Å². The molecule has 0 unspecified atom stereocenters. The molecule has 0 fully saturated rings. The van der Waals surface area contributed by atoms with Crippen molar-refractivity contribution in [2.75, 3.05) is 25.0 Å². The van der Waals surface area contributed by atoms with E-state index in [9.17, 15) is 14.4 Å². The van der Waals surface area contributed by atoms with Gasteiger partial charge in [0.05, 0.1) is 28.8 Å². The highest BCUT2D eigenvalue weighted by molar-refractivity contribution is 6.39. The van der Waals surface area contributed by atoms with Crippen molar-refractivity contribution < 1.29 is 28.4 Å². The Morgan fingerprint density at radius 3 is 2.33 bits per heavy atom. The summed E-state index contributed by atoms with van der Waals surface area (Å²) in [7, 11) is 0. The van der Waals surface area contributed by atoms with Crippen LogP contribution in [0.1, 0.15) is 42.5 Å². The molecule has 14 heteroatoms. The largest absolute Gasteiger partial charge is 0.490 e. The van der Waals surface area contributed by atoms with Crippen molar-refractivity contribution in [2.24, 2.45) is 4.99 Å². The molecule has 3 aromatic rings. The Kier molecular flexibility index (Phi) is 12.9. The lowest BCUT2D eigenvalue weighted by Crippen LogP contribution is -2.46. The number of hydrogen-bond acceptors (Lipinski definition) is 9. The number of aryl methyl sites for hydroxylation is 1. The van der Waals surface area contributed by atoms with E-state index >= 15 is 0 Å². The maximum Gasteiger partial charge on any atom is 0.414 e. The fourth-order valence-electron chi connectivity index (χ4n) is 3.86. The Balaban J connectivity index is 1.85. The van der Waals surface area contributed by atoms with Crippen molar-refractivity contribution in [1.82, 2.24) is 21.1 Å². The number of ether oxygens (including phenoxy) is 2. The number of amides is 3. The minimum atomic E-state index is -0.844. The van der Waals surface area contributed by atoms with E-state index < -0.39 is 17.6 Å². The summed E-state index contributed by atoms with van der Waals surface area (Å²) in [6, 6.07) is 10.0. The van der Waals surface area contributed by atoms with Gasteiger partial charge < -0.3 is 24.6 Å². The van der Waals surface area contributed by atoms with Gasteiger partial charge in [-0.25, -0.2) is 9.79 Å². The zero-order valence-corrected chi connectivity index (χ0v) is 27.5. The fraction of sp³-hybridized carbons (Fsp3) is 0.281. The SMILES string of the molecule is C=CCNCC(=O)Nc1c(Cl)cc(CN=C(NC(=O)OC(C)(C)C)NC(=O)c2c(-c3ccc(OCC=C)cc3)noc2C)cc1Cl. The average molecular weight is 672 g/mol. The van der Waals surface area contributed by atoms with E-state index in [0.717, 1.165) is 0 Å². The van der Waals surface area contributed by atoms with Gasteiger partial charge in [0, 0.05) is 12.1 Å². The molecular weight excluding hydrogens is 635 g/mol. The molecule has 0 bridgehead atoms. The summed E-state index contributed by atoms with van der Waals surface area (Å²) in [5, 5.41) is 15.1. The molecule has 12 nitrogen and oxygen atoms in total. The van der Waals surface area contributed by atoms with Crippen LogP contribution in [0.15, 0.2) is 71.2 Å². The zero-order chi connectivity index (χ0) is 33.9. The number of guanidine groups is 1. The number of aliphatic imine (C=N–C) groups is 1. The summed E-state index contributed by atoms with van der Waals surface area (Å²) < 4.78 is 16.2. The first-order chi connectivity index (χ1) is 21.8. The van der Waals surface area contributed by atoms with Crippen LogP contribution in [-0.4, -0.2) is 54.3 Å². The summed E-state index contributed by atoms with van der Waals surface area (Å²) in [6.45, 7) is 14.7. The first kappa shape index (κ1) is 35.8. The van der Waals surface area contributed by atoms with Gasteiger partial charge in [0.15, 0.2) is 0 Å². The van der Waals surface area contributed by atoms with Gasteiger partial charge in [0.25, 0.3) is 5.91 Å². The Morgan fingerprint density at radius 1 is 1.04 bits per heavy atom. The van der Waals surface area contributed by atoms with Crippen LogP contribution in [0.2, 0.25) is 10.0 Å². The number of carbonyl (C=O) groups excluding carboxylic acids is 3. The first-order valence-electron chi connectivity index (χ1n) is 14.1. The van der Waals surface area contributed by atoms with E-state index in [-0.39, 0.29) is 57.7 Å². The molecule has 0 aliphatic heterocycles. The second-order valence-corrected chi connectivity index (χ2v) is 11.5. The normalized spacial score (nSPS) is 11.4. The molecule has 0 atom stereocenters. The van der Waals surface area contributed by atoms with Crippen LogP contribution in [0.25, 0.3) is 11.3 Å². The van der Waals surface area contributed by atoms with E-state index in [1.807, 2.05) is 0 Å². The van der Waals surface area contributed by atoms with Gasteiger partial charge in [-0.15, -0.1) is 6.58 Å². The van der Waals surface area contributed by atoms with Crippen molar-refractivity contribution in [2.45, 2.75) is 39.8 Å². The Bertz CT molecular complexity index is 1590. The number of carbonyl (C=O) groups is 3. The van der Waals surface area contributed by atoms with E-state index in [1.54, 1.807) is 76.2 Å². The van der Waals surface area contributed by atoms with E-state index in [0.29, 0.717) is 30.0 Å². The Hall–Kier alpha value is -4.65. The second kappa shape index (κ2) is 16.6. The third-order valence-corrected chi connectivity index (χ3v) is 6.39. The number of alkyl carbamates (subject to hydrolysis) is 1. The standard InChI is InChI=1S/C32H36Cl2N6O6/c1-7-13-35-18-25(41)37-28-23(33)15-20(16-24(28)34)17-36-30(39-31(43)45-32(4,5)6)38-29(42)26-19(3)46-40-27(26)21-9-11-22(12-10-21)44-14-8-2/h7-12,15-16,35H,1-2,13-14,17-18H2,3-6H3,(H,37,41)(H2,36,38,39,42,43). The number of nitrogens with one attached hydrogen (secondary N) is 4. The van der Waals surface area contributed by atoms with Crippen LogP contribution in [0.3, 0.4) is 0 Å². The lowest BCUT2D eigenvalue weighted by Gasteiger charge is -2.20. The monoisotopic (exact) mass is 670 g/mol. The predicted octanol–water partition coefficient (Wildman–Crippen LogP) is 6.05. The molecule has 244 valence electrons. The summed E-state index contributed by atoms with van der Waals surface area (Å²) in [5.74, 6) is -0.344. The minimum Gasteiger partial charge on any atom is -0.490 e. The molecule has 46 heavy (non-hydrogen) atoms. The maximum absolute atomic E-state index is 13.6. The molecule has 1 heterocycles. The topological polar surface area (TPSA) is 156 Å².